The quantitative estimate of drug-likeness (QED) is 0.662. The Morgan fingerprint density at radius 3 is 2.90 bits per heavy atom. The minimum atomic E-state index is -3.05. The van der Waals surface area contributed by atoms with Crippen molar-refractivity contribution in [3.05, 3.63) is 47.8 Å². The fourth-order valence-electron chi connectivity index (χ4n) is 3.35. The molecule has 1 amide bonds. The zero-order valence-electron chi connectivity index (χ0n) is 16.4. The molecule has 1 aromatic carbocycles. The number of aromatic nitrogens is 4. The number of halogens is 2. The number of benzene rings is 1. The number of carbonyl (C=O) groups is 1. The molecular formula is C20H22F2N6O2. The average molecular weight is 416 g/mol. The van der Waals surface area contributed by atoms with Crippen LogP contribution in [0.15, 0.2) is 36.7 Å². The van der Waals surface area contributed by atoms with Crippen molar-refractivity contribution in [2.45, 2.75) is 25.9 Å². The van der Waals surface area contributed by atoms with Crippen molar-refractivity contribution in [3.63, 3.8) is 0 Å². The maximum atomic E-state index is 14.6. The van der Waals surface area contributed by atoms with Crippen LogP contribution in [-0.4, -0.2) is 56.7 Å². The molecule has 1 aliphatic heterocycles. The first kappa shape index (κ1) is 20.0. The summed E-state index contributed by atoms with van der Waals surface area (Å²) >= 11 is 0. The lowest BCUT2D eigenvalue weighted by molar-refractivity contribution is -0.102. The Morgan fingerprint density at radius 2 is 2.13 bits per heavy atom. The van der Waals surface area contributed by atoms with Gasteiger partial charge in [0.05, 0.1) is 18.1 Å². The largest absolute Gasteiger partial charge is 0.445 e. The molecule has 1 fully saturated rings. The number of amides is 1. The van der Waals surface area contributed by atoms with Crippen molar-refractivity contribution in [1.29, 1.82) is 0 Å². The van der Waals surface area contributed by atoms with Crippen molar-refractivity contribution < 1.29 is 18.3 Å². The Morgan fingerprint density at radius 1 is 1.33 bits per heavy atom. The summed E-state index contributed by atoms with van der Waals surface area (Å²) in [5, 5.41) is 10.2. The number of H-pyrrole nitrogens is 1. The number of fused-ring (bicyclic) bond motifs is 1. The summed E-state index contributed by atoms with van der Waals surface area (Å²) in [4.78, 5) is 21.6. The van der Waals surface area contributed by atoms with E-state index in [0.29, 0.717) is 5.65 Å². The molecule has 0 bridgehead atoms. The zero-order valence-corrected chi connectivity index (χ0v) is 16.4. The molecular weight excluding hydrogens is 394 g/mol. The van der Waals surface area contributed by atoms with Gasteiger partial charge in [-0.05, 0) is 18.9 Å². The van der Waals surface area contributed by atoms with Crippen molar-refractivity contribution in [1.82, 2.24) is 25.1 Å². The number of nitrogens with one attached hydrogen (secondary N) is 2. The Hall–Kier alpha value is -3.30. The van der Waals surface area contributed by atoms with Crippen molar-refractivity contribution in [2.24, 2.45) is 5.92 Å². The Bertz CT molecular complexity index is 1020. The van der Waals surface area contributed by atoms with Crippen LogP contribution in [0.1, 0.15) is 17.5 Å². The second-order valence-corrected chi connectivity index (χ2v) is 7.46. The summed E-state index contributed by atoms with van der Waals surface area (Å²) in [6, 6.07) is 7.50. The third-order valence-electron chi connectivity index (χ3n) is 5.19. The molecule has 2 N–H and O–H groups in total. The van der Waals surface area contributed by atoms with Gasteiger partial charge in [0.15, 0.2) is 5.65 Å². The highest BCUT2D eigenvalue weighted by Gasteiger charge is 2.46. The Labute approximate surface area is 171 Å². The third kappa shape index (κ3) is 4.47. The number of carbonyl (C=O) groups excluding carboxylic acids is 1. The molecule has 2 aromatic heterocycles. The number of piperidine rings is 1. The van der Waals surface area contributed by atoms with E-state index in [1.165, 1.54) is 0 Å². The van der Waals surface area contributed by atoms with Crippen molar-refractivity contribution in [3.8, 4) is 0 Å². The normalized spacial score (nSPS) is 18.4. The van der Waals surface area contributed by atoms with Gasteiger partial charge >= 0.3 is 6.09 Å². The van der Waals surface area contributed by atoms with E-state index >= 15 is 0 Å². The smallest absolute Gasteiger partial charge is 0.410 e. The minimum Gasteiger partial charge on any atom is -0.445 e. The molecule has 158 valence electrons. The molecule has 1 aliphatic rings. The molecule has 3 heterocycles. The number of aryl methyl sites for hydroxylation is 1. The fourth-order valence-corrected chi connectivity index (χ4v) is 3.35. The SMILES string of the molecule is Cc1ccc(COC(=O)N2CC[C@H](CNc3ncc4cn[nH]c4n3)C(F)(F)C2)cc1. The minimum absolute atomic E-state index is 0.00109. The fraction of sp³-hybridized carbons (Fsp3) is 0.400. The van der Waals surface area contributed by atoms with Gasteiger partial charge < -0.3 is 15.0 Å². The molecule has 0 spiro atoms. The van der Waals surface area contributed by atoms with Gasteiger partial charge in [0.1, 0.15) is 6.61 Å². The first-order valence-corrected chi connectivity index (χ1v) is 9.66. The lowest BCUT2D eigenvalue weighted by Crippen LogP contribution is -2.52. The molecule has 0 unspecified atom stereocenters. The van der Waals surface area contributed by atoms with Crippen LogP contribution in [0.3, 0.4) is 0 Å². The summed E-state index contributed by atoms with van der Waals surface area (Å²) < 4.78 is 34.5. The number of likely N-dealkylation sites (tertiary alicyclic amines) is 1. The van der Waals surface area contributed by atoms with Gasteiger partial charge in [0.2, 0.25) is 5.95 Å². The van der Waals surface area contributed by atoms with Crippen molar-refractivity contribution in [2.75, 3.05) is 25.0 Å². The number of alkyl halides is 2. The Balaban J connectivity index is 1.29. The maximum Gasteiger partial charge on any atom is 0.410 e. The number of aromatic amines is 1. The molecule has 10 heteroatoms. The number of hydrogen-bond acceptors (Lipinski definition) is 6. The van der Waals surface area contributed by atoms with Crippen molar-refractivity contribution >= 4 is 23.1 Å². The standard InChI is InChI=1S/C20H22F2N6O2/c1-13-2-4-14(5-3-13)11-30-19(29)28-7-6-16(20(21,22)12-28)10-24-18-23-8-15-9-25-27-17(15)26-18/h2-5,8-9,16H,6-7,10-12H2,1H3,(H2,23,24,25,26,27)/t16-/m1/s1. The van der Waals surface area contributed by atoms with Crippen LogP contribution in [0, 0.1) is 12.8 Å². The van der Waals surface area contributed by atoms with Crippen LogP contribution in [0.25, 0.3) is 11.0 Å². The molecule has 1 atom stereocenters. The molecule has 1 saturated heterocycles. The first-order chi connectivity index (χ1) is 14.4. The first-order valence-electron chi connectivity index (χ1n) is 9.66. The predicted molar refractivity (Wildman–Crippen MR) is 106 cm³/mol. The van der Waals surface area contributed by atoms with E-state index in [1.807, 2.05) is 31.2 Å². The van der Waals surface area contributed by atoms with E-state index in [-0.39, 0.29) is 32.1 Å². The topological polar surface area (TPSA) is 96.0 Å². The lowest BCUT2D eigenvalue weighted by atomic mass is 9.93. The molecule has 0 saturated carbocycles. The molecule has 30 heavy (non-hydrogen) atoms. The van der Waals surface area contributed by atoms with E-state index in [0.717, 1.165) is 21.4 Å². The second kappa shape index (κ2) is 8.21. The summed E-state index contributed by atoms with van der Waals surface area (Å²) in [5.41, 5.74) is 2.44. The summed E-state index contributed by atoms with van der Waals surface area (Å²) in [6.07, 6.45) is 2.57. The van der Waals surface area contributed by atoms with Gasteiger partial charge in [-0.15, -0.1) is 0 Å². The lowest BCUT2D eigenvalue weighted by Gasteiger charge is -2.37. The highest BCUT2D eigenvalue weighted by molar-refractivity contribution is 5.73. The average Bonchev–Trinajstić information content (AvgIpc) is 3.19. The van der Waals surface area contributed by atoms with Gasteiger partial charge in [-0.25, -0.2) is 18.6 Å². The number of nitrogens with zero attached hydrogens (tertiary/aromatic N) is 4. The maximum absolute atomic E-state index is 14.6. The number of rotatable bonds is 5. The van der Waals surface area contributed by atoms with Crippen LogP contribution < -0.4 is 5.32 Å². The summed E-state index contributed by atoms with van der Waals surface area (Å²) in [5.74, 6) is -3.74. The van der Waals surface area contributed by atoms with Gasteiger partial charge in [-0.1, -0.05) is 29.8 Å². The monoisotopic (exact) mass is 416 g/mol. The van der Waals surface area contributed by atoms with E-state index in [2.05, 4.69) is 25.5 Å². The Kier molecular flexibility index (Phi) is 5.47. The molecule has 8 nitrogen and oxygen atoms in total. The molecule has 3 aromatic rings. The summed E-state index contributed by atoms with van der Waals surface area (Å²) in [6.45, 7) is 1.54. The molecule has 0 radical (unpaired) electrons. The number of hydrogen-bond donors (Lipinski definition) is 2. The summed E-state index contributed by atoms with van der Waals surface area (Å²) in [7, 11) is 0. The van der Waals surface area contributed by atoms with Crippen LogP contribution in [-0.2, 0) is 11.3 Å². The van der Waals surface area contributed by atoms with E-state index in [4.69, 9.17) is 4.74 Å². The van der Waals surface area contributed by atoms with E-state index in [1.54, 1.807) is 12.4 Å². The number of anilines is 1. The third-order valence-corrected chi connectivity index (χ3v) is 5.19. The highest BCUT2D eigenvalue weighted by Crippen LogP contribution is 2.33. The van der Waals surface area contributed by atoms with Gasteiger partial charge in [-0.3, -0.25) is 5.10 Å². The zero-order chi connectivity index (χ0) is 21.1. The van der Waals surface area contributed by atoms with Gasteiger partial charge in [0.25, 0.3) is 5.92 Å². The van der Waals surface area contributed by atoms with Crippen LogP contribution >= 0.6 is 0 Å². The molecule has 0 aliphatic carbocycles. The van der Waals surface area contributed by atoms with E-state index in [9.17, 15) is 13.6 Å². The van der Waals surface area contributed by atoms with Gasteiger partial charge in [0, 0.05) is 25.2 Å². The predicted octanol–water partition coefficient (Wildman–Crippen LogP) is 3.37. The second-order valence-electron chi connectivity index (χ2n) is 7.46. The number of ether oxygens (including phenoxy) is 1. The van der Waals surface area contributed by atoms with Crippen LogP contribution in [0.4, 0.5) is 19.5 Å². The van der Waals surface area contributed by atoms with Gasteiger partial charge in [-0.2, -0.15) is 10.1 Å². The molecule has 4 rings (SSSR count). The highest BCUT2D eigenvalue weighted by atomic mass is 19.3. The van der Waals surface area contributed by atoms with Crippen LogP contribution in [0.2, 0.25) is 0 Å². The van der Waals surface area contributed by atoms with Crippen LogP contribution in [0.5, 0.6) is 0 Å². The van der Waals surface area contributed by atoms with E-state index < -0.39 is 24.5 Å².